The average molecular weight is 315 g/mol. The number of halogens is 1. The van der Waals surface area contributed by atoms with Crippen molar-refractivity contribution < 1.29 is 8.81 Å². The van der Waals surface area contributed by atoms with Gasteiger partial charge in [0.05, 0.1) is 5.39 Å². The molecule has 2 N–H and O–H groups in total. The zero-order chi connectivity index (χ0) is 16.1. The van der Waals surface area contributed by atoms with Gasteiger partial charge in [0.1, 0.15) is 5.52 Å². The van der Waals surface area contributed by atoms with Gasteiger partial charge < -0.3 is 20.0 Å². The molecule has 0 radical (unpaired) electrons. The van der Waals surface area contributed by atoms with Crippen LogP contribution in [0.25, 0.3) is 22.1 Å². The molecule has 1 fully saturated rings. The molecular weight excluding hydrogens is 297 g/mol. The van der Waals surface area contributed by atoms with E-state index in [4.69, 9.17) is 10.2 Å². The molecule has 0 spiro atoms. The highest BCUT2D eigenvalue weighted by Crippen LogP contribution is 2.35. The van der Waals surface area contributed by atoms with Gasteiger partial charge in [0, 0.05) is 19.6 Å². The Morgan fingerprint density at radius 3 is 2.91 bits per heavy atom. The van der Waals surface area contributed by atoms with E-state index in [0.29, 0.717) is 28.3 Å². The fraction of sp³-hybridized carbons (Fsp3) is 0.375. The number of likely N-dealkylation sites (N-methyl/N-ethyl adjacent to an activating group) is 2. The van der Waals surface area contributed by atoms with Crippen molar-refractivity contribution in [1.29, 1.82) is 0 Å². The van der Waals surface area contributed by atoms with Crippen LogP contribution in [0.15, 0.2) is 22.6 Å². The lowest BCUT2D eigenvalue weighted by molar-refractivity contribution is 0.409. The molecule has 23 heavy (non-hydrogen) atoms. The van der Waals surface area contributed by atoms with Crippen molar-refractivity contribution in [2.45, 2.75) is 12.5 Å². The first-order valence-corrected chi connectivity index (χ1v) is 7.60. The van der Waals surface area contributed by atoms with Gasteiger partial charge >= 0.3 is 0 Å². The smallest absolute Gasteiger partial charge is 0.222 e. The minimum absolute atomic E-state index is 0.165. The number of nitrogens with zero attached hydrogens (tertiary/aromatic N) is 4. The number of para-hydroxylation sites is 1. The number of anilines is 2. The van der Waals surface area contributed by atoms with Crippen LogP contribution in [0.4, 0.5) is 16.2 Å². The first-order chi connectivity index (χ1) is 11.0. The molecule has 4 rings (SSSR count). The fourth-order valence-electron chi connectivity index (χ4n) is 3.27. The topological polar surface area (TPSA) is 71.4 Å². The number of hydrogen-bond donors (Lipinski definition) is 1. The van der Waals surface area contributed by atoms with Gasteiger partial charge in [0.15, 0.2) is 22.8 Å². The fourth-order valence-corrected chi connectivity index (χ4v) is 3.27. The van der Waals surface area contributed by atoms with Crippen LogP contribution in [0.5, 0.6) is 0 Å². The monoisotopic (exact) mass is 315 g/mol. The van der Waals surface area contributed by atoms with E-state index in [1.165, 1.54) is 6.07 Å². The van der Waals surface area contributed by atoms with Gasteiger partial charge in [-0.25, -0.2) is 9.37 Å². The molecule has 1 unspecified atom stereocenters. The van der Waals surface area contributed by atoms with Crippen molar-refractivity contribution in [2.75, 3.05) is 37.8 Å². The van der Waals surface area contributed by atoms with E-state index in [-0.39, 0.29) is 11.5 Å². The molecule has 3 aromatic rings. The predicted octanol–water partition coefficient (Wildman–Crippen LogP) is 2.24. The zero-order valence-corrected chi connectivity index (χ0v) is 13.1. The summed E-state index contributed by atoms with van der Waals surface area (Å²) in [6.07, 6.45) is 1.03. The molecule has 120 valence electrons. The number of benzene rings is 1. The van der Waals surface area contributed by atoms with Crippen LogP contribution in [0, 0.1) is 5.82 Å². The lowest BCUT2D eigenvalue weighted by atomic mass is 10.2. The van der Waals surface area contributed by atoms with E-state index in [1.807, 2.05) is 7.05 Å². The third-order valence-corrected chi connectivity index (χ3v) is 4.54. The summed E-state index contributed by atoms with van der Waals surface area (Å²) < 4.78 is 19.8. The Labute approximate surface area is 132 Å². The first kappa shape index (κ1) is 14.2. The maximum absolute atomic E-state index is 14.0. The third-order valence-electron chi connectivity index (χ3n) is 4.54. The van der Waals surface area contributed by atoms with Crippen LogP contribution in [-0.2, 0) is 0 Å². The highest BCUT2D eigenvalue weighted by atomic mass is 19.1. The molecule has 0 saturated carbocycles. The number of aromatic nitrogens is 2. The van der Waals surface area contributed by atoms with Gasteiger partial charge in [-0.2, -0.15) is 4.98 Å². The Morgan fingerprint density at radius 2 is 2.17 bits per heavy atom. The molecule has 1 atom stereocenters. The Bertz CT molecular complexity index is 893. The minimum Gasteiger partial charge on any atom is -0.447 e. The second-order valence-electron chi connectivity index (χ2n) is 6.12. The number of rotatable bonds is 2. The molecular formula is C16H18FN5O. The van der Waals surface area contributed by atoms with Crippen molar-refractivity contribution in [2.24, 2.45) is 0 Å². The summed E-state index contributed by atoms with van der Waals surface area (Å²) in [5, 5.41) is 0.618. The summed E-state index contributed by atoms with van der Waals surface area (Å²) in [6.45, 7) is 1.98. The second-order valence-corrected chi connectivity index (χ2v) is 6.12. The van der Waals surface area contributed by atoms with Crippen LogP contribution >= 0.6 is 0 Å². The number of likely N-dealkylation sites (tertiary alicyclic amines) is 1. The van der Waals surface area contributed by atoms with Crippen molar-refractivity contribution >= 4 is 33.8 Å². The number of hydrogen-bond acceptors (Lipinski definition) is 6. The predicted molar refractivity (Wildman–Crippen MR) is 88.0 cm³/mol. The van der Waals surface area contributed by atoms with Crippen LogP contribution in [0.1, 0.15) is 6.42 Å². The van der Waals surface area contributed by atoms with Gasteiger partial charge in [-0.15, -0.1) is 0 Å². The van der Waals surface area contributed by atoms with E-state index in [0.717, 1.165) is 19.5 Å². The van der Waals surface area contributed by atoms with Gasteiger partial charge in [-0.05, 0) is 32.1 Å². The van der Waals surface area contributed by atoms with Crippen molar-refractivity contribution in [1.82, 2.24) is 14.9 Å². The standard InChI is InChI=1S/C16H18FN5O/c1-21-7-6-9(8-21)22(2)15-14-12(19-16(18)20-15)10-4-3-5-11(17)13(10)23-14/h3-5,9H,6-8H2,1-2H3,(H2,18,19,20). The molecule has 1 aromatic carbocycles. The summed E-state index contributed by atoms with van der Waals surface area (Å²) in [5.41, 5.74) is 7.12. The highest BCUT2D eigenvalue weighted by molar-refractivity contribution is 6.06. The average Bonchev–Trinajstić information content (AvgIpc) is 3.11. The number of furan rings is 1. The summed E-state index contributed by atoms with van der Waals surface area (Å²) in [7, 11) is 4.06. The van der Waals surface area contributed by atoms with Gasteiger partial charge in [0.25, 0.3) is 0 Å². The van der Waals surface area contributed by atoms with E-state index in [9.17, 15) is 4.39 Å². The zero-order valence-electron chi connectivity index (χ0n) is 13.1. The summed E-state index contributed by atoms with van der Waals surface area (Å²) >= 11 is 0. The summed E-state index contributed by atoms with van der Waals surface area (Å²) in [4.78, 5) is 12.9. The molecule has 6 nitrogen and oxygen atoms in total. The maximum Gasteiger partial charge on any atom is 0.222 e. The van der Waals surface area contributed by atoms with Crippen LogP contribution in [0.3, 0.4) is 0 Å². The third kappa shape index (κ3) is 2.19. The Balaban J connectivity index is 1.92. The number of nitrogen functional groups attached to an aromatic ring is 1. The Hall–Kier alpha value is -2.41. The van der Waals surface area contributed by atoms with Gasteiger partial charge in [0.2, 0.25) is 5.95 Å². The molecule has 1 aliphatic heterocycles. The van der Waals surface area contributed by atoms with Crippen molar-refractivity contribution in [3.8, 4) is 0 Å². The van der Waals surface area contributed by atoms with Gasteiger partial charge in [-0.1, -0.05) is 6.07 Å². The lowest BCUT2D eigenvalue weighted by Gasteiger charge is -2.25. The van der Waals surface area contributed by atoms with E-state index in [2.05, 4.69) is 26.8 Å². The molecule has 2 aromatic heterocycles. The SMILES string of the molecule is CN1CCC(N(C)c2nc(N)nc3c2oc2c(F)cccc23)C1. The quantitative estimate of drug-likeness (QED) is 0.782. The van der Waals surface area contributed by atoms with Gasteiger partial charge in [-0.3, -0.25) is 0 Å². The molecule has 7 heteroatoms. The molecule has 0 amide bonds. The minimum atomic E-state index is -0.409. The lowest BCUT2D eigenvalue weighted by Crippen LogP contribution is -2.34. The Morgan fingerprint density at radius 1 is 1.35 bits per heavy atom. The van der Waals surface area contributed by atoms with Crippen LogP contribution < -0.4 is 10.6 Å². The van der Waals surface area contributed by atoms with E-state index >= 15 is 0 Å². The Kier molecular flexibility index (Phi) is 3.12. The second kappa shape index (κ2) is 5.06. The van der Waals surface area contributed by atoms with Crippen LogP contribution in [0.2, 0.25) is 0 Å². The molecule has 3 heterocycles. The van der Waals surface area contributed by atoms with Crippen molar-refractivity contribution in [3.05, 3.63) is 24.0 Å². The summed E-state index contributed by atoms with van der Waals surface area (Å²) in [6, 6.07) is 5.11. The van der Waals surface area contributed by atoms with E-state index < -0.39 is 5.82 Å². The maximum atomic E-state index is 14.0. The number of fused-ring (bicyclic) bond motifs is 3. The molecule has 0 bridgehead atoms. The molecule has 0 aliphatic carbocycles. The largest absolute Gasteiger partial charge is 0.447 e. The van der Waals surface area contributed by atoms with Crippen molar-refractivity contribution in [3.63, 3.8) is 0 Å². The molecule has 1 aliphatic rings. The first-order valence-electron chi connectivity index (χ1n) is 7.60. The molecule has 1 saturated heterocycles. The summed E-state index contributed by atoms with van der Waals surface area (Å²) in [5.74, 6) is 0.370. The normalized spacial score (nSPS) is 19.0. The van der Waals surface area contributed by atoms with E-state index in [1.54, 1.807) is 12.1 Å². The highest BCUT2D eigenvalue weighted by Gasteiger charge is 2.27. The number of nitrogens with two attached hydrogens (primary N) is 1. The van der Waals surface area contributed by atoms with Crippen LogP contribution in [-0.4, -0.2) is 48.1 Å².